The van der Waals surface area contributed by atoms with E-state index in [1.54, 1.807) is 36.4 Å². The number of carbonyl (C=O) groups excluding carboxylic acids is 1. The Hall–Kier alpha value is -0.940. The largest absolute Gasteiger partial charge is 0.323 e. The predicted octanol–water partition coefficient (Wildman–Crippen LogP) is 6.05. The van der Waals surface area contributed by atoms with Gasteiger partial charge in [0, 0.05) is 15.2 Å². The van der Waals surface area contributed by atoms with E-state index in [-0.39, 0.29) is 0 Å². The number of carbonyl (C=O) groups is 1. The molecule has 0 aliphatic rings. The van der Waals surface area contributed by atoms with E-state index in [9.17, 15) is 4.79 Å². The van der Waals surface area contributed by atoms with Gasteiger partial charge in [-0.05, 0) is 52.3 Å². The molecule has 20 heavy (non-hydrogen) atoms. The number of benzene rings is 2. The molecule has 0 aromatic heterocycles. The van der Waals surface area contributed by atoms with Gasteiger partial charge < -0.3 is 10.6 Å². The fourth-order valence-electron chi connectivity index (χ4n) is 1.45. The fourth-order valence-corrected chi connectivity index (χ4v) is 2.27. The first-order valence-corrected chi connectivity index (χ1v) is 7.36. The second-order valence-corrected chi connectivity index (χ2v) is 5.94. The van der Waals surface area contributed by atoms with Gasteiger partial charge in [-0.15, -0.1) is 0 Å². The Morgan fingerprint density at radius 1 is 0.950 bits per heavy atom. The van der Waals surface area contributed by atoms with Gasteiger partial charge in [0.25, 0.3) is 0 Å². The summed E-state index contributed by atoms with van der Waals surface area (Å²) in [6, 6.07) is 9.52. The highest BCUT2D eigenvalue weighted by Crippen LogP contribution is 2.27. The molecule has 2 amide bonds. The zero-order chi connectivity index (χ0) is 14.7. The molecule has 2 N–H and O–H groups in total. The first-order chi connectivity index (χ1) is 9.45. The van der Waals surface area contributed by atoms with E-state index in [2.05, 4.69) is 26.6 Å². The van der Waals surface area contributed by atoms with Gasteiger partial charge in [-0.3, -0.25) is 0 Å². The van der Waals surface area contributed by atoms with Crippen LogP contribution in [0.15, 0.2) is 40.9 Å². The third-order valence-electron chi connectivity index (χ3n) is 2.35. The highest BCUT2D eigenvalue weighted by molar-refractivity contribution is 9.10. The summed E-state index contributed by atoms with van der Waals surface area (Å²) < 4.78 is 0.728. The highest BCUT2D eigenvalue weighted by Gasteiger charge is 2.07. The molecule has 0 heterocycles. The minimum Gasteiger partial charge on any atom is -0.308 e. The van der Waals surface area contributed by atoms with Gasteiger partial charge >= 0.3 is 6.03 Å². The summed E-state index contributed by atoms with van der Waals surface area (Å²) >= 11 is 20.9. The Morgan fingerprint density at radius 3 is 2.40 bits per heavy atom. The van der Waals surface area contributed by atoms with Crippen molar-refractivity contribution < 1.29 is 4.79 Å². The number of hydrogen-bond donors (Lipinski definition) is 2. The van der Waals surface area contributed by atoms with Crippen molar-refractivity contribution in [3.63, 3.8) is 0 Å². The lowest BCUT2D eigenvalue weighted by Gasteiger charge is -2.10. The summed E-state index contributed by atoms with van der Waals surface area (Å²) in [6.45, 7) is 0. The van der Waals surface area contributed by atoms with E-state index < -0.39 is 6.03 Å². The van der Waals surface area contributed by atoms with Crippen molar-refractivity contribution in [2.75, 3.05) is 10.6 Å². The van der Waals surface area contributed by atoms with Gasteiger partial charge in [0.1, 0.15) is 0 Å². The van der Waals surface area contributed by atoms with Gasteiger partial charge in [-0.1, -0.05) is 34.8 Å². The van der Waals surface area contributed by atoms with E-state index in [0.717, 1.165) is 4.47 Å². The Balaban J connectivity index is 2.09. The number of rotatable bonds is 2. The van der Waals surface area contributed by atoms with Gasteiger partial charge in [0.15, 0.2) is 0 Å². The minimum absolute atomic E-state index is 0.369. The maximum Gasteiger partial charge on any atom is 0.323 e. The minimum atomic E-state index is -0.411. The van der Waals surface area contributed by atoms with Gasteiger partial charge in [-0.2, -0.15) is 0 Å². The van der Waals surface area contributed by atoms with Crippen LogP contribution in [0.1, 0.15) is 0 Å². The standard InChI is InChI=1S/C13H8BrCl3N2O/c14-9-3-1-7(15)5-12(9)19-13(20)18-8-2-4-10(16)11(17)6-8/h1-6H,(H2,18,19,20). The lowest BCUT2D eigenvalue weighted by Crippen LogP contribution is -2.19. The van der Waals surface area contributed by atoms with Crippen LogP contribution in [-0.4, -0.2) is 6.03 Å². The molecule has 104 valence electrons. The number of halogens is 4. The summed E-state index contributed by atoms with van der Waals surface area (Å²) in [5.74, 6) is 0. The van der Waals surface area contributed by atoms with Crippen LogP contribution in [0.3, 0.4) is 0 Å². The van der Waals surface area contributed by atoms with Crippen LogP contribution in [0.2, 0.25) is 15.1 Å². The predicted molar refractivity (Wildman–Crippen MR) is 88.3 cm³/mol. The van der Waals surface area contributed by atoms with Crippen LogP contribution in [0, 0.1) is 0 Å². The Bertz CT molecular complexity index is 664. The van der Waals surface area contributed by atoms with E-state index in [4.69, 9.17) is 34.8 Å². The molecule has 3 nitrogen and oxygen atoms in total. The Labute approximate surface area is 139 Å². The normalized spacial score (nSPS) is 10.2. The fraction of sp³-hybridized carbons (Fsp3) is 0. The highest BCUT2D eigenvalue weighted by atomic mass is 79.9. The van der Waals surface area contributed by atoms with Crippen molar-refractivity contribution >= 4 is 68.1 Å². The zero-order valence-electron chi connectivity index (χ0n) is 9.88. The maximum absolute atomic E-state index is 11.9. The number of nitrogens with one attached hydrogen (secondary N) is 2. The molecule has 0 aliphatic heterocycles. The molecule has 2 rings (SSSR count). The van der Waals surface area contributed by atoms with Gasteiger partial charge in [0.2, 0.25) is 0 Å². The number of hydrogen-bond acceptors (Lipinski definition) is 1. The van der Waals surface area contributed by atoms with Crippen molar-refractivity contribution in [3.05, 3.63) is 55.9 Å². The molecule has 0 radical (unpaired) electrons. The van der Waals surface area contributed by atoms with Crippen LogP contribution in [0.4, 0.5) is 16.2 Å². The molecule has 0 spiro atoms. The summed E-state index contributed by atoms with van der Waals surface area (Å²) in [7, 11) is 0. The Kier molecular flexibility index (Phi) is 5.16. The van der Waals surface area contributed by atoms with Crippen molar-refractivity contribution in [2.24, 2.45) is 0 Å². The summed E-state index contributed by atoms with van der Waals surface area (Å²) in [4.78, 5) is 11.9. The van der Waals surface area contributed by atoms with Crippen molar-refractivity contribution in [3.8, 4) is 0 Å². The van der Waals surface area contributed by atoms with Crippen molar-refractivity contribution in [1.82, 2.24) is 0 Å². The van der Waals surface area contributed by atoms with E-state index in [0.29, 0.717) is 26.4 Å². The molecule has 0 unspecified atom stereocenters. The van der Waals surface area contributed by atoms with Gasteiger partial charge in [0.05, 0.1) is 15.7 Å². The second kappa shape index (κ2) is 6.68. The van der Waals surface area contributed by atoms with E-state index in [1.165, 1.54) is 0 Å². The lowest BCUT2D eigenvalue weighted by molar-refractivity contribution is 0.262. The van der Waals surface area contributed by atoms with Crippen LogP contribution in [0.5, 0.6) is 0 Å². The molecule has 7 heteroatoms. The first kappa shape index (κ1) is 15.4. The number of anilines is 2. The topological polar surface area (TPSA) is 41.1 Å². The molecule has 0 saturated heterocycles. The molecular formula is C13H8BrCl3N2O. The average Bonchev–Trinajstić information content (AvgIpc) is 2.38. The second-order valence-electron chi connectivity index (χ2n) is 3.83. The molecule has 0 atom stereocenters. The first-order valence-electron chi connectivity index (χ1n) is 5.44. The molecule has 2 aromatic carbocycles. The number of urea groups is 1. The molecule has 0 saturated carbocycles. The number of amides is 2. The van der Waals surface area contributed by atoms with Crippen LogP contribution in [0.25, 0.3) is 0 Å². The molecule has 2 aromatic rings. The third-order valence-corrected chi connectivity index (χ3v) is 4.02. The summed E-state index contributed by atoms with van der Waals surface area (Å²) in [5, 5.41) is 6.65. The van der Waals surface area contributed by atoms with Crippen molar-refractivity contribution in [2.45, 2.75) is 0 Å². The van der Waals surface area contributed by atoms with Crippen LogP contribution < -0.4 is 10.6 Å². The maximum atomic E-state index is 11.9. The molecule has 0 aliphatic carbocycles. The zero-order valence-corrected chi connectivity index (χ0v) is 13.7. The summed E-state index contributed by atoms with van der Waals surface area (Å²) in [5.41, 5.74) is 1.10. The molecular weight excluding hydrogens is 386 g/mol. The summed E-state index contributed by atoms with van der Waals surface area (Å²) in [6.07, 6.45) is 0. The van der Waals surface area contributed by atoms with Crippen LogP contribution in [-0.2, 0) is 0 Å². The third kappa shape index (κ3) is 4.03. The quantitative estimate of drug-likeness (QED) is 0.639. The van der Waals surface area contributed by atoms with E-state index in [1.807, 2.05) is 0 Å². The van der Waals surface area contributed by atoms with Gasteiger partial charge in [-0.25, -0.2) is 4.79 Å². The Morgan fingerprint density at radius 2 is 1.70 bits per heavy atom. The van der Waals surface area contributed by atoms with Crippen molar-refractivity contribution in [1.29, 1.82) is 0 Å². The smallest absolute Gasteiger partial charge is 0.308 e. The van der Waals surface area contributed by atoms with E-state index >= 15 is 0 Å². The molecule has 0 fully saturated rings. The average molecular weight is 394 g/mol. The van der Waals surface area contributed by atoms with Crippen LogP contribution >= 0.6 is 50.7 Å². The SMILES string of the molecule is O=C(Nc1ccc(Cl)c(Cl)c1)Nc1cc(Cl)ccc1Br. The molecule has 0 bridgehead atoms. The monoisotopic (exact) mass is 392 g/mol. The lowest BCUT2D eigenvalue weighted by atomic mass is 10.3.